The zero-order chi connectivity index (χ0) is 30.4. The average Bonchev–Trinajstić information content (AvgIpc) is 3.49. The molecule has 0 spiro atoms. The van der Waals surface area contributed by atoms with Crippen LogP contribution in [0.2, 0.25) is 10.0 Å². The van der Waals surface area contributed by atoms with Crippen molar-refractivity contribution in [2.75, 3.05) is 18.0 Å². The predicted octanol–water partition coefficient (Wildman–Crippen LogP) is 5.98. The molecule has 1 unspecified atom stereocenters. The normalized spacial score (nSPS) is 14.3. The standard InChI is InChI=1S/C31H35Cl2N3O5S/c1-21-11-14-27(15-12-21)42(39,40)36(29-18-24(32)13-16-28(29)33)20-30(37)35(19-23-7-6-10-26(17-23)41-3)22(2)31(38)34-25-8-4-5-9-25/h6-7,10-18,22,25H,4-5,8-9,19-20H2,1-3H3,(H,34,38). The molecule has 1 saturated carbocycles. The maximum atomic E-state index is 14.1. The van der Waals surface area contributed by atoms with Crippen LogP contribution in [0.15, 0.2) is 71.6 Å². The molecule has 1 aliphatic carbocycles. The number of carbonyl (C=O) groups is 2. The molecular weight excluding hydrogens is 597 g/mol. The lowest BCUT2D eigenvalue weighted by atomic mass is 10.1. The van der Waals surface area contributed by atoms with Gasteiger partial charge in [0.05, 0.1) is 22.7 Å². The lowest BCUT2D eigenvalue weighted by Gasteiger charge is -2.32. The van der Waals surface area contributed by atoms with Crippen LogP contribution in [0.5, 0.6) is 5.75 Å². The summed E-state index contributed by atoms with van der Waals surface area (Å²) in [5, 5.41) is 3.42. The lowest BCUT2D eigenvalue weighted by molar-refractivity contribution is -0.139. The Morgan fingerprint density at radius 2 is 1.71 bits per heavy atom. The minimum Gasteiger partial charge on any atom is -0.497 e. The van der Waals surface area contributed by atoms with E-state index in [9.17, 15) is 18.0 Å². The van der Waals surface area contributed by atoms with Gasteiger partial charge in [-0.2, -0.15) is 0 Å². The summed E-state index contributed by atoms with van der Waals surface area (Å²) in [6, 6.07) is 17.1. The van der Waals surface area contributed by atoms with Gasteiger partial charge >= 0.3 is 0 Å². The molecule has 0 saturated heterocycles. The second-order valence-electron chi connectivity index (χ2n) is 10.5. The molecule has 1 atom stereocenters. The van der Waals surface area contributed by atoms with E-state index in [1.54, 1.807) is 44.4 Å². The van der Waals surface area contributed by atoms with Crippen molar-refractivity contribution in [3.63, 3.8) is 0 Å². The van der Waals surface area contributed by atoms with Gasteiger partial charge in [-0.05, 0) is 74.7 Å². The third-order valence-corrected chi connectivity index (χ3v) is 9.75. The Labute approximate surface area is 257 Å². The van der Waals surface area contributed by atoms with Crippen LogP contribution in [0.4, 0.5) is 5.69 Å². The highest BCUT2D eigenvalue weighted by molar-refractivity contribution is 7.92. The number of amides is 2. The average molecular weight is 633 g/mol. The molecule has 8 nitrogen and oxygen atoms in total. The minimum atomic E-state index is -4.26. The van der Waals surface area contributed by atoms with Gasteiger partial charge in [0.15, 0.2) is 0 Å². The Morgan fingerprint density at radius 3 is 2.38 bits per heavy atom. The van der Waals surface area contributed by atoms with Gasteiger partial charge in [-0.1, -0.05) is 65.9 Å². The van der Waals surface area contributed by atoms with Crippen LogP contribution in [0.1, 0.15) is 43.7 Å². The van der Waals surface area contributed by atoms with Crippen molar-refractivity contribution < 1.29 is 22.7 Å². The van der Waals surface area contributed by atoms with Crippen LogP contribution in [0.25, 0.3) is 0 Å². The number of nitrogens with one attached hydrogen (secondary N) is 1. The Morgan fingerprint density at radius 1 is 1.02 bits per heavy atom. The number of sulfonamides is 1. The summed E-state index contributed by atoms with van der Waals surface area (Å²) in [7, 11) is -2.72. The van der Waals surface area contributed by atoms with Gasteiger partial charge in [0, 0.05) is 17.6 Å². The number of anilines is 1. The van der Waals surface area contributed by atoms with E-state index in [0.717, 1.165) is 41.1 Å². The van der Waals surface area contributed by atoms with Gasteiger partial charge in [0.2, 0.25) is 11.8 Å². The zero-order valence-electron chi connectivity index (χ0n) is 23.8. The van der Waals surface area contributed by atoms with E-state index in [0.29, 0.717) is 5.75 Å². The second-order valence-corrected chi connectivity index (χ2v) is 13.2. The fraction of sp³-hybridized carbons (Fsp3) is 0.355. The number of aryl methyl sites for hydroxylation is 1. The highest BCUT2D eigenvalue weighted by atomic mass is 35.5. The van der Waals surface area contributed by atoms with Crippen molar-refractivity contribution in [2.45, 2.75) is 63.1 Å². The van der Waals surface area contributed by atoms with Crippen LogP contribution in [-0.2, 0) is 26.2 Å². The van der Waals surface area contributed by atoms with Gasteiger partial charge in [-0.3, -0.25) is 13.9 Å². The minimum absolute atomic E-state index is 0.0108. The molecule has 224 valence electrons. The molecular formula is C31H35Cl2N3O5S. The summed E-state index contributed by atoms with van der Waals surface area (Å²) in [5.41, 5.74) is 1.66. The molecule has 11 heteroatoms. The quantitative estimate of drug-likeness (QED) is 0.281. The molecule has 0 aliphatic heterocycles. The number of hydrogen-bond acceptors (Lipinski definition) is 5. The molecule has 1 fully saturated rings. The summed E-state index contributed by atoms with van der Waals surface area (Å²) >= 11 is 12.7. The molecule has 42 heavy (non-hydrogen) atoms. The monoisotopic (exact) mass is 631 g/mol. The molecule has 0 bridgehead atoms. The second kappa shape index (κ2) is 13.8. The van der Waals surface area contributed by atoms with Crippen molar-refractivity contribution >= 4 is 50.7 Å². The summed E-state index contributed by atoms with van der Waals surface area (Å²) in [5.74, 6) is -0.289. The molecule has 0 heterocycles. The van der Waals surface area contributed by atoms with Gasteiger partial charge < -0.3 is 15.0 Å². The van der Waals surface area contributed by atoms with Crippen LogP contribution in [0.3, 0.4) is 0 Å². The number of rotatable bonds is 11. The van der Waals surface area contributed by atoms with Crippen molar-refractivity contribution in [2.24, 2.45) is 0 Å². The Kier molecular flexibility index (Phi) is 10.4. The highest BCUT2D eigenvalue weighted by Gasteiger charge is 2.34. The summed E-state index contributed by atoms with van der Waals surface area (Å²) in [6.45, 7) is 2.94. The number of nitrogens with zero attached hydrogens (tertiary/aromatic N) is 2. The molecule has 1 aliphatic rings. The van der Waals surface area contributed by atoms with E-state index in [1.807, 2.05) is 13.0 Å². The smallest absolute Gasteiger partial charge is 0.264 e. The largest absolute Gasteiger partial charge is 0.497 e. The topological polar surface area (TPSA) is 96.0 Å². The number of carbonyl (C=O) groups excluding carboxylic acids is 2. The molecule has 3 aromatic rings. The van der Waals surface area contributed by atoms with Crippen LogP contribution < -0.4 is 14.4 Å². The van der Waals surface area contributed by atoms with E-state index in [4.69, 9.17) is 27.9 Å². The maximum absolute atomic E-state index is 14.1. The lowest BCUT2D eigenvalue weighted by Crippen LogP contribution is -2.52. The first kappa shape index (κ1) is 31.7. The van der Waals surface area contributed by atoms with Crippen molar-refractivity contribution in [1.29, 1.82) is 0 Å². The first-order valence-electron chi connectivity index (χ1n) is 13.8. The first-order valence-corrected chi connectivity index (χ1v) is 16.0. The van der Waals surface area contributed by atoms with Crippen molar-refractivity contribution in [1.82, 2.24) is 10.2 Å². The summed E-state index contributed by atoms with van der Waals surface area (Å²) < 4.78 is 34.3. The SMILES string of the molecule is COc1cccc(CN(C(=O)CN(c2cc(Cl)ccc2Cl)S(=O)(=O)c2ccc(C)cc2)C(C)C(=O)NC2CCCC2)c1. The van der Waals surface area contributed by atoms with Gasteiger partial charge in [0.25, 0.3) is 10.0 Å². The van der Waals surface area contributed by atoms with E-state index in [-0.39, 0.29) is 39.1 Å². The molecule has 4 rings (SSSR count). The first-order chi connectivity index (χ1) is 20.0. The van der Waals surface area contributed by atoms with Crippen molar-refractivity contribution in [3.8, 4) is 5.75 Å². The van der Waals surface area contributed by atoms with Crippen LogP contribution in [0, 0.1) is 6.92 Å². The Balaban J connectivity index is 1.72. The number of hydrogen-bond donors (Lipinski definition) is 1. The third-order valence-electron chi connectivity index (χ3n) is 7.42. The number of benzene rings is 3. The van der Waals surface area contributed by atoms with Crippen LogP contribution in [-0.4, -0.2) is 50.9 Å². The Hall–Kier alpha value is -3.27. The third kappa shape index (κ3) is 7.56. The van der Waals surface area contributed by atoms with E-state index >= 15 is 0 Å². The fourth-order valence-corrected chi connectivity index (χ4v) is 6.83. The zero-order valence-corrected chi connectivity index (χ0v) is 26.2. The van der Waals surface area contributed by atoms with E-state index in [1.165, 1.54) is 35.2 Å². The summed E-state index contributed by atoms with van der Waals surface area (Å²) in [6.07, 6.45) is 3.85. The van der Waals surface area contributed by atoms with Gasteiger partial charge in [-0.15, -0.1) is 0 Å². The van der Waals surface area contributed by atoms with E-state index in [2.05, 4.69) is 5.32 Å². The van der Waals surface area contributed by atoms with Crippen LogP contribution >= 0.6 is 23.2 Å². The van der Waals surface area contributed by atoms with Crippen molar-refractivity contribution in [3.05, 3.63) is 87.9 Å². The molecule has 1 N–H and O–H groups in total. The molecule has 0 radical (unpaired) electrons. The Bertz CT molecular complexity index is 1530. The number of methoxy groups -OCH3 is 1. The maximum Gasteiger partial charge on any atom is 0.264 e. The highest BCUT2D eigenvalue weighted by Crippen LogP contribution is 2.33. The van der Waals surface area contributed by atoms with Gasteiger partial charge in [-0.25, -0.2) is 8.42 Å². The molecule has 3 aromatic carbocycles. The summed E-state index contributed by atoms with van der Waals surface area (Å²) in [4.78, 5) is 28.9. The molecule has 2 amide bonds. The van der Waals surface area contributed by atoms with Gasteiger partial charge in [0.1, 0.15) is 18.3 Å². The van der Waals surface area contributed by atoms with E-state index < -0.39 is 28.5 Å². The number of ether oxygens (including phenoxy) is 1. The fourth-order valence-electron chi connectivity index (χ4n) is 4.97. The molecule has 0 aromatic heterocycles. The number of halogens is 2. The predicted molar refractivity (Wildman–Crippen MR) is 166 cm³/mol.